The van der Waals surface area contributed by atoms with Gasteiger partial charge in [0.25, 0.3) is 0 Å². The predicted molar refractivity (Wildman–Crippen MR) is 94.0 cm³/mol. The van der Waals surface area contributed by atoms with Crippen molar-refractivity contribution < 1.29 is 24.5 Å². The molecule has 25 heavy (non-hydrogen) atoms. The average Bonchev–Trinajstić information content (AvgIpc) is 2.63. The van der Waals surface area contributed by atoms with Crippen LogP contribution in [0.3, 0.4) is 0 Å². The second-order valence-electron chi connectivity index (χ2n) is 5.56. The Morgan fingerprint density at radius 3 is 2.28 bits per heavy atom. The van der Waals surface area contributed by atoms with Crippen LogP contribution in [0.15, 0.2) is 42.5 Å². The molecule has 0 unspecified atom stereocenters. The molecule has 3 rings (SSSR count). The maximum absolute atomic E-state index is 9.10. The number of nitrogens with one attached hydrogen (secondary N) is 1. The highest BCUT2D eigenvalue weighted by molar-refractivity contribution is 6.27. The van der Waals surface area contributed by atoms with Gasteiger partial charge in [0, 0.05) is 32.7 Å². The summed E-state index contributed by atoms with van der Waals surface area (Å²) in [6, 6.07) is 14.7. The second kappa shape index (κ2) is 9.61. The van der Waals surface area contributed by atoms with Gasteiger partial charge in [0.1, 0.15) is 12.4 Å². The van der Waals surface area contributed by atoms with Crippen LogP contribution in [0, 0.1) is 0 Å². The van der Waals surface area contributed by atoms with E-state index in [-0.39, 0.29) is 0 Å². The van der Waals surface area contributed by atoms with E-state index in [1.807, 2.05) is 0 Å². The molecule has 0 bridgehead atoms. The van der Waals surface area contributed by atoms with Gasteiger partial charge >= 0.3 is 11.9 Å². The first-order valence-corrected chi connectivity index (χ1v) is 8.07. The number of carbonyl (C=O) groups is 2. The summed E-state index contributed by atoms with van der Waals surface area (Å²) in [4.78, 5) is 20.6. The largest absolute Gasteiger partial charge is 0.492 e. The number of hydrogen-bond donors (Lipinski definition) is 3. The van der Waals surface area contributed by atoms with E-state index in [2.05, 4.69) is 52.7 Å². The van der Waals surface area contributed by atoms with E-state index in [9.17, 15) is 0 Å². The first-order valence-electron chi connectivity index (χ1n) is 8.07. The molecular weight excluding hydrogens is 324 g/mol. The molecular formula is C18H22N2O5. The molecule has 1 aliphatic rings. The van der Waals surface area contributed by atoms with Gasteiger partial charge in [0.2, 0.25) is 0 Å². The Balaban J connectivity index is 0.000000326. The molecule has 1 heterocycles. The number of nitrogens with zero attached hydrogens (tertiary/aromatic N) is 1. The minimum Gasteiger partial charge on any atom is -0.492 e. The summed E-state index contributed by atoms with van der Waals surface area (Å²) in [6.45, 7) is 6.21. The first-order chi connectivity index (χ1) is 12.1. The van der Waals surface area contributed by atoms with Crippen molar-refractivity contribution in [2.75, 3.05) is 39.3 Å². The SMILES string of the molecule is O=C(O)C(=O)O.c1ccc2cc(OCCN3CCNCC3)ccc2c1. The number of aliphatic carboxylic acids is 2. The molecule has 0 atom stereocenters. The molecule has 0 radical (unpaired) electrons. The van der Waals surface area contributed by atoms with E-state index in [0.717, 1.165) is 45.1 Å². The highest BCUT2D eigenvalue weighted by Gasteiger charge is 2.08. The molecule has 1 saturated heterocycles. The van der Waals surface area contributed by atoms with Gasteiger partial charge in [-0.3, -0.25) is 4.90 Å². The Morgan fingerprint density at radius 1 is 1.00 bits per heavy atom. The van der Waals surface area contributed by atoms with Crippen molar-refractivity contribution in [2.24, 2.45) is 0 Å². The van der Waals surface area contributed by atoms with Crippen molar-refractivity contribution in [1.29, 1.82) is 0 Å². The standard InChI is InChI=1S/C16H20N2O.C2H2O4/c1-2-4-15-13-16(6-5-14(15)3-1)19-12-11-18-9-7-17-8-10-18;3-1(4)2(5)6/h1-6,13,17H,7-12H2;(H,3,4)(H,5,6). The number of benzene rings is 2. The van der Waals surface area contributed by atoms with Crippen LogP contribution in [0.25, 0.3) is 10.8 Å². The number of piperazine rings is 1. The molecule has 0 amide bonds. The lowest BCUT2D eigenvalue weighted by Crippen LogP contribution is -2.44. The van der Waals surface area contributed by atoms with Gasteiger partial charge in [0.15, 0.2) is 0 Å². The number of hydrogen-bond acceptors (Lipinski definition) is 5. The van der Waals surface area contributed by atoms with Crippen LogP contribution in [0.2, 0.25) is 0 Å². The van der Waals surface area contributed by atoms with Crippen LogP contribution in [0.5, 0.6) is 5.75 Å². The Labute approximate surface area is 145 Å². The van der Waals surface area contributed by atoms with Gasteiger partial charge in [-0.1, -0.05) is 30.3 Å². The number of fused-ring (bicyclic) bond motifs is 1. The van der Waals surface area contributed by atoms with E-state index in [0.29, 0.717) is 0 Å². The summed E-state index contributed by atoms with van der Waals surface area (Å²) in [5.41, 5.74) is 0. The van der Waals surface area contributed by atoms with Crippen LogP contribution >= 0.6 is 0 Å². The Bertz CT molecular complexity index is 701. The minimum atomic E-state index is -1.82. The van der Waals surface area contributed by atoms with Crippen molar-refractivity contribution >= 4 is 22.7 Å². The Kier molecular flexibility index (Phi) is 7.18. The van der Waals surface area contributed by atoms with Crippen LogP contribution in [-0.2, 0) is 9.59 Å². The van der Waals surface area contributed by atoms with Gasteiger partial charge in [-0.15, -0.1) is 0 Å². The van der Waals surface area contributed by atoms with Gasteiger partial charge in [-0.2, -0.15) is 0 Å². The van der Waals surface area contributed by atoms with E-state index in [1.165, 1.54) is 10.8 Å². The summed E-state index contributed by atoms with van der Waals surface area (Å²) in [7, 11) is 0. The van der Waals surface area contributed by atoms with E-state index < -0.39 is 11.9 Å². The van der Waals surface area contributed by atoms with Crippen LogP contribution in [0.1, 0.15) is 0 Å². The second-order valence-corrected chi connectivity index (χ2v) is 5.56. The van der Waals surface area contributed by atoms with Crippen LogP contribution < -0.4 is 10.1 Å². The number of carboxylic acid groups (broad SMARTS) is 2. The highest BCUT2D eigenvalue weighted by atomic mass is 16.5. The summed E-state index contributed by atoms with van der Waals surface area (Å²) in [5, 5.41) is 20.6. The van der Waals surface area contributed by atoms with Gasteiger partial charge in [0.05, 0.1) is 0 Å². The summed E-state index contributed by atoms with van der Waals surface area (Å²) in [6.07, 6.45) is 0. The molecule has 134 valence electrons. The minimum absolute atomic E-state index is 0.762. The van der Waals surface area contributed by atoms with Gasteiger partial charge < -0.3 is 20.3 Å². The molecule has 7 nitrogen and oxygen atoms in total. The third kappa shape index (κ3) is 6.40. The number of ether oxygens (including phenoxy) is 1. The number of carboxylic acids is 2. The molecule has 0 aromatic heterocycles. The molecule has 2 aromatic rings. The average molecular weight is 346 g/mol. The highest BCUT2D eigenvalue weighted by Crippen LogP contribution is 2.20. The van der Waals surface area contributed by atoms with Gasteiger partial charge in [-0.25, -0.2) is 9.59 Å². The molecule has 0 aliphatic carbocycles. The molecule has 0 spiro atoms. The van der Waals surface area contributed by atoms with Crippen molar-refractivity contribution in [3.05, 3.63) is 42.5 Å². The fourth-order valence-corrected chi connectivity index (χ4v) is 2.48. The summed E-state index contributed by atoms with van der Waals surface area (Å²) >= 11 is 0. The third-order valence-electron chi connectivity index (χ3n) is 3.79. The number of rotatable bonds is 4. The van der Waals surface area contributed by atoms with E-state index in [4.69, 9.17) is 24.5 Å². The Morgan fingerprint density at radius 2 is 1.64 bits per heavy atom. The molecule has 3 N–H and O–H groups in total. The summed E-state index contributed by atoms with van der Waals surface area (Å²) in [5.74, 6) is -2.68. The fourth-order valence-electron chi connectivity index (χ4n) is 2.48. The maximum Gasteiger partial charge on any atom is 0.414 e. The zero-order valence-electron chi connectivity index (χ0n) is 13.9. The maximum atomic E-state index is 9.10. The van der Waals surface area contributed by atoms with Crippen molar-refractivity contribution in [2.45, 2.75) is 0 Å². The van der Waals surface area contributed by atoms with Gasteiger partial charge in [-0.05, 0) is 22.9 Å². The fraction of sp³-hybridized carbons (Fsp3) is 0.333. The van der Waals surface area contributed by atoms with E-state index in [1.54, 1.807) is 0 Å². The lowest BCUT2D eigenvalue weighted by Gasteiger charge is -2.26. The lowest BCUT2D eigenvalue weighted by atomic mass is 10.1. The quantitative estimate of drug-likeness (QED) is 0.717. The topological polar surface area (TPSA) is 99.1 Å². The molecule has 1 aliphatic heterocycles. The monoisotopic (exact) mass is 346 g/mol. The van der Waals surface area contributed by atoms with Crippen LogP contribution in [0.4, 0.5) is 0 Å². The molecule has 7 heteroatoms. The summed E-state index contributed by atoms with van der Waals surface area (Å²) < 4.78 is 5.85. The van der Waals surface area contributed by atoms with Crippen LogP contribution in [-0.4, -0.2) is 66.4 Å². The zero-order chi connectivity index (χ0) is 18.1. The third-order valence-corrected chi connectivity index (χ3v) is 3.79. The first kappa shape index (κ1) is 18.7. The molecule has 0 saturated carbocycles. The lowest BCUT2D eigenvalue weighted by molar-refractivity contribution is -0.159. The Hall–Kier alpha value is -2.64. The van der Waals surface area contributed by atoms with E-state index >= 15 is 0 Å². The predicted octanol–water partition coefficient (Wildman–Crippen LogP) is 1.28. The molecule has 1 fully saturated rings. The zero-order valence-corrected chi connectivity index (χ0v) is 13.9. The van der Waals surface area contributed by atoms with Crippen molar-refractivity contribution in [3.8, 4) is 5.75 Å². The van der Waals surface area contributed by atoms with Crippen molar-refractivity contribution in [1.82, 2.24) is 10.2 Å². The normalized spacial score (nSPS) is 14.4. The molecule has 2 aromatic carbocycles. The smallest absolute Gasteiger partial charge is 0.414 e. The van der Waals surface area contributed by atoms with Crippen molar-refractivity contribution in [3.63, 3.8) is 0 Å².